The molecule has 0 amide bonds. The zero-order valence-electron chi connectivity index (χ0n) is 16.3. The van der Waals surface area contributed by atoms with Crippen LogP contribution in [0.15, 0.2) is 35.2 Å². The van der Waals surface area contributed by atoms with E-state index in [9.17, 15) is 8.42 Å². The summed E-state index contributed by atoms with van der Waals surface area (Å²) in [5.41, 5.74) is 2.80. The minimum atomic E-state index is -3.63. The maximum absolute atomic E-state index is 13.3. The molecule has 7 heteroatoms. The fourth-order valence-corrected chi connectivity index (χ4v) is 5.21. The number of nitrogens with zero attached hydrogens (tertiary/aromatic N) is 1. The van der Waals surface area contributed by atoms with Crippen LogP contribution in [0.5, 0.6) is 17.2 Å². The van der Waals surface area contributed by atoms with E-state index in [-0.39, 0.29) is 10.9 Å². The van der Waals surface area contributed by atoms with E-state index < -0.39 is 10.0 Å². The Morgan fingerprint density at radius 2 is 1.52 bits per heavy atom. The van der Waals surface area contributed by atoms with Crippen molar-refractivity contribution in [2.45, 2.75) is 37.8 Å². The Morgan fingerprint density at radius 3 is 2.07 bits per heavy atom. The standard InChI is InChI=1S/C20H25NO5S/c1-13-8-17(6-7-18(13)24-3)27(22,23)21-12-16-11-20(26-5)19(25-4)10-15(16)9-14(21)2/h6-8,10-11,14H,9,12H2,1-5H3. The van der Waals surface area contributed by atoms with Crippen molar-refractivity contribution in [3.8, 4) is 17.2 Å². The fourth-order valence-electron chi connectivity index (χ4n) is 3.51. The predicted octanol–water partition coefficient (Wildman–Crippen LogP) is 3.16. The summed E-state index contributed by atoms with van der Waals surface area (Å²) in [4.78, 5) is 0.275. The second-order valence-electron chi connectivity index (χ2n) is 6.71. The maximum atomic E-state index is 13.3. The van der Waals surface area contributed by atoms with Crippen LogP contribution >= 0.6 is 0 Å². The van der Waals surface area contributed by atoms with Crippen LogP contribution in [0.1, 0.15) is 23.6 Å². The summed E-state index contributed by atoms with van der Waals surface area (Å²) >= 11 is 0. The summed E-state index contributed by atoms with van der Waals surface area (Å²) in [7, 11) is 1.11. The molecule has 0 N–H and O–H groups in total. The van der Waals surface area contributed by atoms with Crippen LogP contribution in [0, 0.1) is 6.92 Å². The van der Waals surface area contributed by atoms with Gasteiger partial charge in [0.25, 0.3) is 0 Å². The van der Waals surface area contributed by atoms with Crippen LogP contribution < -0.4 is 14.2 Å². The first-order valence-electron chi connectivity index (χ1n) is 8.72. The minimum Gasteiger partial charge on any atom is -0.496 e. The topological polar surface area (TPSA) is 65.1 Å². The lowest BCUT2D eigenvalue weighted by molar-refractivity contribution is 0.305. The van der Waals surface area contributed by atoms with E-state index in [1.807, 2.05) is 26.0 Å². The monoisotopic (exact) mass is 391 g/mol. The van der Waals surface area contributed by atoms with Crippen LogP contribution in [-0.2, 0) is 23.0 Å². The zero-order chi connectivity index (χ0) is 19.8. The molecule has 2 aromatic rings. The molecule has 0 aromatic heterocycles. The van der Waals surface area contributed by atoms with Gasteiger partial charge in [-0.2, -0.15) is 4.31 Å². The number of methoxy groups -OCH3 is 3. The quantitative estimate of drug-likeness (QED) is 0.783. The third-order valence-electron chi connectivity index (χ3n) is 5.01. The van der Waals surface area contributed by atoms with Gasteiger partial charge in [-0.25, -0.2) is 8.42 Å². The van der Waals surface area contributed by atoms with Crippen molar-refractivity contribution < 1.29 is 22.6 Å². The number of fused-ring (bicyclic) bond motifs is 1. The Labute approximate surface area is 160 Å². The molecule has 1 aliphatic heterocycles. The third kappa shape index (κ3) is 3.49. The van der Waals surface area contributed by atoms with Crippen LogP contribution in [-0.4, -0.2) is 40.1 Å². The average molecular weight is 391 g/mol. The van der Waals surface area contributed by atoms with Crippen molar-refractivity contribution in [1.82, 2.24) is 4.31 Å². The Balaban J connectivity index is 1.99. The molecular weight excluding hydrogens is 366 g/mol. The molecule has 6 nitrogen and oxygen atoms in total. The molecule has 0 saturated heterocycles. The van der Waals surface area contributed by atoms with Crippen LogP contribution in [0.3, 0.4) is 0 Å². The van der Waals surface area contributed by atoms with Crippen molar-refractivity contribution in [1.29, 1.82) is 0 Å². The van der Waals surface area contributed by atoms with Crippen molar-refractivity contribution in [3.05, 3.63) is 47.0 Å². The van der Waals surface area contributed by atoms with Gasteiger partial charge in [-0.3, -0.25) is 0 Å². The molecule has 0 saturated carbocycles. The Morgan fingerprint density at radius 1 is 0.926 bits per heavy atom. The third-order valence-corrected chi connectivity index (χ3v) is 6.97. The molecule has 27 heavy (non-hydrogen) atoms. The predicted molar refractivity (Wildman–Crippen MR) is 103 cm³/mol. The van der Waals surface area contributed by atoms with Gasteiger partial charge in [0.2, 0.25) is 10.0 Å². The van der Waals surface area contributed by atoms with Gasteiger partial charge < -0.3 is 14.2 Å². The first-order valence-corrected chi connectivity index (χ1v) is 10.2. The molecule has 0 radical (unpaired) electrons. The number of ether oxygens (including phenoxy) is 3. The van der Waals surface area contributed by atoms with Gasteiger partial charge in [0.15, 0.2) is 11.5 Å². The van der Waals surface area contributed by atoms with E-state index in [1.54, 1.807) is 43.8 Å². The van der Waals surface area contributed by atoms with E-state index in [1.165, 1.54) is 0 Å². The van der Waals surface area contributed by atoms with E-state index in [0.29, 0.717) is 30.2 Å². The highest BCUT2D eigenvalue weighted by Gasteiger charge is 2.34. The van der Waals surface area contributed by atoms with Gasteiger partial charge in [0.1, 0.15) is 5.75 Å². The summed E-state index contributed by atoms with van der Waals surface area (Å²) in [6.45, 7) is 4.06. The molecule has 1 atom stereocenters. The number of aryl methyl sites for hydroxylation is 1. The molecule has 0 fully saturated rings. The number of hydrogen-bond donors (Lipinski definition) is 0. The summed E-state index contributed by atoms with van der Waals surface area (Å²) in [5, 5.41) is 0. The van der Waals surface area contributed by atoms with Crippen LogP contribution in [0.2, 0.25) is 0 Å². The smallest absolute Gasteiger partial charge is 0.243 e. The summed E-state index contributed by atoms with van der Waals surface area (Å²) in [5.74, 6) is 1.93. The molecule has 0 aliphatic carbocycles. The van der Waals surface area contributed by atoms with Crippen molar-refractivity contribution in [2.24, 2.45) is 0 Å². The van der Waals surface area contributed by atoms with Crippen molar-refractivity contribution >= 4 is 10.0 Å². The first-order chi connectivity index (χ1) is 12.8. The number of benzene rings is 2. The van der Waals surface area contributed by atoms with Gasteiger partial charge in [0.05, 0.1) is 26.2 Å². The molecule has 0 spiro atoms. The average Bonchev–Trinajstić information content (AvgIpc) is 2.66. The van der Waals surface area contributed by atoms with Gasteiger partial charge >= 0.3 is 0 Å². The lowest BCUT2D eigenvalue weighted by Crippen LogP contribution is -2.42. The number of sulfonamides is 1. The Bertz CT molecular complexity index is 955. The lowest BCUT2D eigenvalue weighted by atomic mass is 9.96. The largest absolute Gasteiger partial charge is 0.496 e. The Hall–Kier alpha value is -2.25. The van der Waals surface area contributed by atoms with Crippen LogP contribution in [0.4, 0.5) is 0 Å². The van der Waals surface area contributed by atoms with E-state index >= 15 is 0 Å². The summed E-state index contributed by atoms with van der Waals surface area (Å²) in [6, 6.07) is 8.58. The van der Waals surface area contributed by atoms with E-state index in [4.69, 9.17) is 14.2 Å². The van der Waals surface area contributed by atoms with Gasteiger partial charge in [0, 0.05) is 12.6 Å². The highest BCUT2D eigenvalue weighted by atomic mass is 32.2. The fraction of sp³-hybridized carbons (Fsp3) is 0.400. The van der Waals surface area contributed by atoms with Gasteiger partial charge in [-0.15, -0.1) is 0 Å². The molecular formula is C20H25NO5S. The normalized spacial score (nSPS) is 17.3. The molecule has 1 aliphatic rings. The second kappa shape index (κ2) is 7.40. The number of rotatable bonds is 5. The summed E-state index contributed by atoms with van der Waals surface area (Å²) in [6.07, 6.45) is 0.615. The molecule has 0 bridgehead atoms. The second-order valence-corrected chi connectivity index (χ2v) is 8.60. The van der Waals surface area contributed by atoms with Crippen molar-refractivity contribution in [2.75, 3.05) is 21.3 Å². The molecule has 2 aromatic carbocycles. The maximum Gasteiger partial charge on any atom is 0.243 e. The SMILES string of the molecule is COc1ccc(S(=O)(=O)N2Cc3cc(OC)c(OC)cc3CC2C)cc1C. The first kappa shape index (κ1) is 19.5. The lowest BCUT2D eigenvalue weighted by Gasteiger charge is -2.34. The molecule has 3 rings (SSSR count). The molecule has 1 heterocycles. The number of hydrogen-bond acceptors (Lipinski definition) is 5. The Kier molecular flexibility index (Phi) is 5.35. The molecule has 1 unspecified atom stereocenters. The minimum absolute atomic E-state index is 0.164. The van der Waals surface area contributed by atoms with Gasteiger partial charge in [-0.05, 0) is 67.3 Å². The highest BCUT2D eigenvalue weighted by molar-refractivity contribution is 7.89. The summed E-state index contributed by atoms with van der Waals surface area (Å²) < 4.78 is 44.1. The van der Waals surface area contributed by atoms with Crippen molar-refractivity contribution in [3.63, 3.8) is 0 Å². The van der Waals surface area contributed by atoms with Gasteiger partial charge in [-0.1, -0.05) is 0 Å². The van der Waals surface area contributed by atoms with Crippen LogP contribution in [0.25, 0.3) is 0 Å². The van der Waals surface area contributed by atoms with E-state index in [2.05, 4.69) is 0 Å². The van der Waals surface area contributed by atoms with E-state index in [0.717, 1.165) is 16.7 Å². The molecule has 146 valence electrons. The highest BCUT2D eigenvalue weighted by Crippen LogP contribution is 2.36. The zero-order valence-corrected chi connectivity index (χ0v) is 17.1.